The van der Waals surface area contributed by atoms with E-state index in [1.165, 1.54) is 0 Å². The maximum Gasteiger partial charge on any atom is 0.352 e. The van der Waals surface area contributed by atoms with Crippen LogP contribution in [0.3, 0.4) is 0 Å². The second kappa shape index (κ2) is 3.70. The van der Waals surface area contributed by atoms with Gasteiger partial charge in [-0.1, -0.05) is 0 Å². The van der Waals surface area contributed by atoms with Gasteiger partial charge in [0.05, 0.1) is 6.04 Å². The summed E-state index contributed by atoms with van der Waals surface area (Å²) in [6.45, 7) is 6.22. The highest BCUT2D eigenvalue weighted by Gasteiger charge is 2.31. The summed E-state index contributed by atoms with van der Waals surface area (Å²) in [6, 6.07) is 4.32. The molecule has 1 aromatic rings. The normalized spacial score (nSPS) is 18.1. The van der Waals surface area contributed by atoms with Gasteiger partial charge in [0.1, 0.15) is 5.69 Å². The lowest BCUT2D eigenvalue weighted by Gasteiger charge is -2.43. The Kier molecular flexibility index (Phi) is 2.52. The summed E-state index contributed by atoms with van der Waals surface area (Å²) < 4.78 is 1.86. The van der Waals surface area contributed by atoms with E-state index >= 15 is 0 Å². The van der Waals surface area contributed by atoms with Gasteiger partial charge >= 0.3 is 5.97 Å². The monoisotopic (exact) mass is 208 g/mol. The van der Waals surface area contributed by atoms with Crippen LogP contribution in [0, 0.1) is 0 Å². The van der Waals surface area contributed by atoms with Gasteiger partial charge in [-0.05, 0) is 26.0 Å². The van der Waals surface area contributed by atoms with Gasteiger partial charge in [0.25, 0.3) is 0 Å². The van der Waals surface area contributed by atoms with Gasteiger partial charge in [-0.3, -0.25) is 4.90 Å². The molecule has 82 valence electrons. The smallest absolute Gasteiger partial charge is 0.352 e. The first-order valence-corrected chi connectivity index (χ1v) is 5.23. The third kappa shape index (κ3) is 1.77. The molecule has 4 heteroatoms. The highest BCUT2D eigenvalue weighted by molar-refractivity contribution is 5.85. The first-order valence-electron chi connectivity index (χ1n) is 5.23. The van der Waals surface area contributed by atoms with Crippen LogP contribution in [0.2, 0.25) is 0 Å². The third-order valence-corrected chi connectivity index (χ3v) is 3.01. The zero-order valence-electron chi connectivity index (χ0n) is 9.05. The van der Waals surface area contributed by atoms with Crippen LogP contribution in [0.5, 0.6) is 0 Å². The van der Waals surface area contributed by atoms with E-state index in [2.05, 4.69) is 18.7 Å². The number of carboxylic acid groups (broad SMARTS) is 1. The van der Waals surface area contributed by atoms with E-state index in [0.29, 0.717) is 17.8 Å². The fourth-order valence-electron chi connectivity index (χ4n) is 1.98. The van der Waals surface area contributed by atoms with Gasteiger partial charge in [-0.2, -0.15) is 0 Å². The molecule has 1 aliphatic heterocycles. The number of hydrogen-bond acceptors (Lipinski definition) is 2. The Morgan fingerprint density at radius 2 is 2.20 bits per heavy atom. The molecule has 2 heterocycles. The lowest BCUT2D eigenvalue weighted by molar-refractivity contribution is 0.0600. The Hall–Kier alpha value is -1.29. The minimum absolute atomic E-state index is 0.327. The zero-order valence-corrected chi connectivity index (χ0v) is 9.05. The Balaban J connectivity index is 2.07. The molecule has 0 unspecified atom stereocenters. The molecule has 0 radical (unpaired) electrons. The first-order chi connectivity index (χ1) is 7.09. The molecule has 1 saturated heterocycles. The van der Waals surface area contributed by atoms with Gasteiger partial charge in [0, 0.05) is 25.3 Å². The summed E-state index contributed by atoms with van der Waals surface area (Å²) in [7, 11) is 0. The highest BCUT2D eigenvalue weighted by atomic mass is 16.4. The van der Waals surface area contributed by atoms with Crippen LogP contribution in [0.1, 0.15) is 30.4 Å². The first kappa shape index (κ1) is 10.2. The van der Waals surface area contributed by atoms with Crippen LogP contribution in [-0.2, 0) is 0 Å². The van der Waals surface area contributed by atoms with Gasteiger partial charge in [0.15, 0.2) is 0 Å². The summed E-state index contributed by atoms with van der Waals surface area (Å²) in [4.78, 5) is 13.2. The summed E-state index contributed by atoms with van der Waals surface area (Å²) in [6.07, 6.45) is 1.85. The van der Waals surface area contributed by atoms with Crippen molar-refractivity contribution in [2.24, 2.45) is 0 Å². The second-order valence-electron chi connectivity index (χ2n) is 4.31. The Bertz CT molecular complexity index is 364. The molecule has 0 spiro atoms. The number of aromatic nitrogens is 1. The van der Waals surface area contributed by atoms with Crippen LogP contribution in [0.25, 0.3) is 0 Å². The molecule has 2 rings (SSSR count). The summed E-state index contributed by atoms with van der Waals surface area (Å²) in [5.74, 6) is -0.844. The van der Waals surface area contributed by atoms with Crippen LogP contribution >= 0.6 is 0 Å². The minimum Gasteiger partial charge on any atom is -0.477 e. The standard InChI is InChI=1S/C11H16N2O2/c1-8(2)12-6-9(7-12)13-5-3-4-10(13)11(14)15/h3-5,8-9H,6-7H2,1-2H3,(H,14,15). The average molecular weight is 208 g/mol. The van der Waals surface area contributed by atoms with Crippen LogP contribution in [0.15, 0.2) is 18.3 Å². The van der Waals surface area contributed by atoms with E-state index in [9.17, 15) is 4.79 Å². The molecule has 0 aliphatic carbocycles. The Morgan fingerprint density at radius 1 is 1.53 bits per heavy atom. The number of likely N-dealkylation sites (tertiary alicyclic amines) is 1. The lowest BCUT2D eigenvalue weighted by Crippen LogP contribution is -2.51. The van der Waals surface area contributed by atoms with E-state index in [1.54, 1.807) is 12.1 Å². The molecular weight excluding hydrogens is 192 g/mol. The average Bonchev–Trinajstić information content (AvgIpc) is 2.48. The molecule has 0 bridgehead atoms. The van der Waals surface area contributed by atoms with Crippen molar-refractivity contribution in [1.29, 1.82) is 0 Å². The van der Waals surface area contributed by atoms with Crippen LogP contribution in [0.4, 0.5) is 0 Å². The molecule has 1 aromatic heterocycles. The van der Waals surface area contributed by atoms with Crippen molar-refractivity contribution in [3.05, 3.63) is 24.0 Å². The molecule has 0 aromatic carbocycles. The predicted octanol–water partition coefficient (Wildman–Crippen LogP) is 1.45. The molecule has 4 nitrogen and oxygen atoms in total. The van der Waals surface area contributed by atoms with E-state index in [1.807, 2.05) is 10.8 Å². The number of aromatic carboxylic acids is 1. The summed E-state index contributed by atoms with van der Waals surface area (Å²) >= 11 is 0. The third-order valence-electron chi connectivity index (χ3n) is 3.01. The molecule has 0 atom stereocenters. The molecule has 1 fully saturated rings. The predicted molar refractivity (Wildman–Crippen MR) is 57.1 cm³/mol. The van der Waals surface area contributed by atoms with Crippen molar-refractivity contribution in [3.63, 3.8) is 0 Å². The number of carboxylic acids is 1. The van der Waals surface area contributed by atoms with Crippen LogP contribution in [-0.4, -0.2) is 39.7 Å². The maximum atomic E-state index is 10.9. The number of carbonyl (C=O) groups is 1. The fraction of sp³-hybridized carbons (Fsp3) is 0.545. The van der Waals surface area contributed by atoms with Crippen LogP contribution < -0.4 is 0 Å². The summed E-state index contributed by atoms with van der Waals surface area (Å²) in [5, 5.41) is 8.96. The fourth-order valence-corrected chi connectivity index (χ4v) is 1.98. The molecular formula is C11H16N2O2. The molecule has 1 N–H and O–H groups in total. The van der Waals surface area contributed by atoms with Gasteiger partial charge < -0.3 is 9.67 Å². The molecule has 1 aliphatic rings. The second-order valence-corrected chi connectivity index (χ2v) is 4.31. The van der Waals surface area contributed by atoms with E-state index < -0.39 is 5.97 Å². The van der Waals surface area contributed by atoms with Gasteiger partial charge in [-0.25, -0.2) is 4.79 Å². The quantitative estimate of drug-likeness (QED) is 0.817. The van der Waals surface area contributed by atoms with E-state index in [4.69, 9.17) is 5.11 Å². The molecule has 0 saturated carbocycles. The number of hydrogen-bond donors (Lipinski definition) is 1. The topological polar surface area (TPSA) is 45.5 Å². The van der Waals surface area contributed by atoms with Gasteiger partial charge in [-0.15, -0.1) is 0 Å². The number of nitrogens with zero attached hydrogens (tertiary/aromatic N) is 2. The lowest BCUT2D eigenvalue weighted by atomic mass is 10.1. The molecule has 15 heavy (non-hydrogen) atoms. The summed E-state index contributed by atoms with van der Waals surface area (Å²) in [5.41, 5.74) is 0.392. The minimum atomic E-state index is -0.844. The zero-order chi connectivity index (χ0) is 11.0. The Morgan fingerprint density at radius 3 is 2.73 bits per heavy atom. The number of rotatable bonds is 3. The van der Waals surface area contributed by atoms with Crippen molar-refractivity contribution in [2.75, 3.05) is 13.1 Å². The molecule has 0 amide bonds. The SMILES string of the molecule is CC(C)N1CC(n2cccc2C(=O)O)C1. The highest BCUT2D eigenvalue weighted by Crippen LogP contribution is 2.24. The van der Waals surface area contributed by atoms with Crippen molar-refractivity contribution in [1.82, 2.24) is 9.47 Å². The Labute approximate surface area is 89.1 Å². The van der Waals surface area contributed by atoms with Crippen molar-refractivity contribution < 1.29 is 9.90 Å². The van der Waals surface area contributed by atoms with Crippen molar-refractivity contribution in [2.45, 2.75) is 25.9 Å². The largest absolute Gasteiger partial charge is 0.477 e. The van der Waals surface area contributed by atoms with E-state index in [0.717, 1.165) is 13.1 Å². The van der Waals surface area contributed by atoms with E-state index in [-0.39, 0.29) is 0 Å². The van der Waals surface area contributed by atoms with Gasteiger partial charge in [0.2, 0.25) is 0 Å². The van der Waals surface area contributed by atoms with Crippen molar-refractivity contribution >= 4 is 5.97 Å². The van der Waals surface area contributed by atoms with Crippen molar-refractivity contribution in [3.8, 4) is 0 Å². The maximum absolute atomic E-state index is 10.9.